The number of anilines is 1. The van der Waals surface area contributed by atoms with Crippen LogP contribution in [0.15, 0.2) is 18.2 Å². The number of benzene rings is 1. The standard InChI is InChI=1S/C11H16N2O2/c1-14-9-3-4-10(11(5-9)15-2)13-8-6-12-7-8/h3-5,8,12-13H,6-7H2,1-2H3. The predicted molar refractivity (Wildman–Crippen MR) is 59.8 cm³/mol. The van der Waals surface area contributed by atoms with Crippen molar-refractivity contribution in [1.29, 1.82) is 0 Å². The zero-order chi connectivity index (χ0) is 10.7. The highest BCUT2D eigenvalue weighted by Crippen LogP contribution is 2.29. The van der Waals surface area contributed by atoms with Crippen molar-refractivity contribution in [2.45, 2.75) is 6.04 Å². The van der Waals surface area contributed by atoms with E-state index in [4.69, 9.17) is 9.47 Å². The average molecular weight is 208 g/mol. The Labute approximate surface area is 89.6 Å². The second kappa shape index (κ2) is 4.40. The highest BCUT2D eigenvalue weighted by Gasteiger charge is 2.17. The van der Waals surface area contributed by atoms with Gasteiger partial charge in [-0.3, -0.25) is 0 Å². The minimum Gasteiger partial charge on any atom is -0.497 e. The molecule has 0 radical (unpaired) electrons. The van der Waals surface area contributed by atoms with Crippen molar-refractivity contribution in [3.8, 4) is 11.5 Å². The third kappa shape index (κ3) is 2.15. The van der Waals surface area contributed by atoms with Gasteiger partial charge < -0.3 is 20.1 Å². The monoisotopic (exact) mass is 208 g/mol. The zero-order valence-corrected chi connectivity index (χ0v) is 9.04. The van der Waals surface area contributed by atoms with E-state index in [1.807, 2.05) is 18.2 Å². The fourth-order valence-corrected chi connectivity index (χ4v) is 1.53. The van der Waals surface area contributed by atoms with Crippen LogP contribution in [0.2, 0.25) is 0 Å². The van der Waals surface area contributed by atoms with Crippen LogP contribution in [0.4, 0.5) is 5.69 Å². The number of rotatable bonds is 4. The van der Waals surface area contributed by atoms with E-state index < -0.39 is 0 Å². The SMILES string of the molecule is COc1ccc(NC2CNC2)c(OC)c1. The molecule has 82 valence electrons. The predicted octanol–water partition coefficient (Wildman–Crippen LogP) is 1.09. The van der Waals surface area contributed by atoms with E-state index in [1.165, 1.54) is 0 Å². The topological polar surface area (TPSA) is 42.5 Å². The minimum absolute atomic E-state index is 0.507. The van der Waals surface area contributed by atoms with E-state index in [0.29, 0.717) is 6.04 Å². The molecule has 0 aromatic heterocycles. The van der Waals surface area contributed by atoms with Gasteiger partial charge in [0.05, 0.1) is 25.9 Å². The molecule has 1 aromatic rings. The molecule has 1 aromatic carbocycles. The van der Waals surface area contributed by atoms with Crippen molar-refractivity contribution in [2.75, 3.05) is 32.6 Å². The van der Waals surface area contributed by atoms with Crippen molar-refractivity contribution in [1.82, 2.24) is 5.32 Å². The maximum absolute atomic E-state index is 5.29. The summed E-state index contributed by atoms with van der Waals surface area (Å²) in [5.74, 6) is 1.63. The highest BCUT2D eigenvalue weighted by molar-refractivity contribution is 5.60. The molecule has 0 bridgehead atoms. The molecule has 4 nitrogen and oxygen atoms in total. The summed E-state index contributed by atoms with van der Waals surface area (Å²) in [5, 5.41) is 6.62. The summed E-state index contributed by atoms with van der Waals surface area (Å²) < 4.78 is 10.4. The largest absolute Gasteiger partial charge is 0.497 e. The Morgan fingerprint density at radius 3 is 2.60 bits per heavy atom. The van der Waals surface area contributed by atoms with Crippen LogP contribution in [0.5, 0.6) is 11.5 Å². The third-order valence-electron chi connectivity index (χ3n) is 2.55. The molecule has 1 aliphatic rings. The van der Waals surface area contributed by atoms with Gasteiger partial charge in [0.2, 0.25) is 0 Å². The number of hydrogen-bond donors (Lipinski definition) is 2. The molecule has 1 fully saturated rings. The smallest absolute Gasteiger partial charge is 0.145 e. The van der Waals surface area contributed by atoms with Crippen LogP contribution in [-0.4, -0.2) is 33.4 Å². The van der Waals surface area contributed by atoms with E-state index in [9.17, 15) is 0 Å². The fourth-order valence-electron chi connectivity index (χ4n) is 1.53. The molecular formula is C11H16N2O2. The Morgan fingerprint density at radius 1 is 1.27 bits per heavy atom. The summed E-state index contributed by atoms with van der Waals surface area (Å²) in [5.41, 5.74) is 1.02. The summed E-state index contributed by atoms with van der Waals surface area (Å²) >= 11 is 0. The van der Waals surface area contributed by atoms with Crippen LogP contribution in [-0.2, 0) is 0 Å². The lowest BCUT2D eigenvalue weighted by Gasteiger charge is -2.29. The summed E-state index contributed by atoms with van der Waals surface area (Å²) in [4.78, 5) is 0. The molecule has 0 spiro atoms. The molecule has 1 aliphatic heterocycles. The third-order valence-corrected chi connectivity index (χ3v) is 2.55. The van der Waals surface area contributed by atoms with Crippen LogP contribution in [0.25, 0.3) is 0 Å². The van der Waals surface area contributed by atoms with Crippen molar-refractivity contribution in [3.63, 3.8) is 0 Å². The normalized spacial score (nSPS) is 15.6. The summed E-state index contributed by atoms with van der Waals surface area (Å²) in [6.07, 6.45) is 0. The van der Waals surface area contributed by atoms with E-state index in [1.54, 1.807) is 14.2 Å². The van der Waals surface area contributed by atoms with Crippen molar-refractivity contribution >= 4 is 5.69 Å². The molecule has 0 atom stereocenters. The fraction of sp³-hybridized carbons (Fsp3) is 0.455. The number of ether oxygens (including phenoxy) is 2. The van der Waals surface area contributed by atoms with Crippen molar-refractivity contribution in [2.24, 2.45) is 0 Å². The lowest BCUT2D eigenvalue weighted by atomic mass is 10.1. The van der Waals surface area contributed by atoms with Crippen LogP contribution < -0.4 is 20.1 Å². The molecule has 0 unspecified atom stereocenters. The number of methoxy groups -OCH3 is 2. The van der Waals surface area contributed by atoms with Gasteiger partial charge in [0.1, 0.15) is 11.5 Å². The summed E-state index contributed by atoms with van der Waals surface area (Å²) in [6.45, 7) is 2.02. The molecule has 15 heavy (non-hydrogen) atoms. The van der Waals surface area contributed by atoms with Gasteiger partial charge in [-0.2, -0.15) is 0 Å². The Morgan fingerprint density at radius 2 is 2.07 bits per heavy atom. The first-order valence-corrected chi connectivity index (χ1v) is 5.03. The molecule has 2 rings (SSSR count). The second-order valence-electron chi connectivity index (χ2n) is 3.57. The van der Waals surface area contributed by atoms with Crippen LogP contribution >= 0.6 is 0 Å². The van der Waals surface area contributed by atoms with Gasteiger partial charge in [-0.05, 0) is 12.1 Å². The molecular weight excluding hydrogens is 192 g/mol. The molecule has 1 heterocycles. The first kappa shape index (κ1) is 10.1. The zero-order valence-electron chi connectivity index (χ0n) is 9.04. The summed E-state index contributed by atoms with van der Waals surface area (Å²) in [6, 6.07) is 6.30. The molecule has 4 heteroatoms. The quantitative estimate of drug-likeness (QED) is 0.777. The van der Waals surface area contributed by atoms with Crippen LogP contribution in [0.1, 0.15) is 0 Å². The molecule has 1 saturated heterocycles. The van der Waals surface area contributed by atoms with Gasteiger partial charge >= 0.3 is 0 Å². The molecule has 0 aliphatic carbocycles. The van der Waals surface area contributed by atoms with Gasteiger partial charge in [-0.1, -0.05) is 0 Å². The number of hydrogen-bond acceptors (Lipinski definition) is 4. The lowest BCUT2D eigenvalue weighted by molar-refractivity contribution is 0.394. The highest BCUT2D eigenvalue weighted by atomic mass is 16.5. The Kier molecular flexibility index (Phi) is 2.97. The van der Waals surface area contributed by atoms with E-state index in [-0.39, 0.29) is 0 Å². The summed E-state index contributed by atoms with van der Waals surface area (Å²) in [7, 11) is 3.32. The van der Waals surface area contributed by atoms with Gasteiger partial charge in [-0.15, -0.1) is 0 Å². The van der Waals surface area contributed by atoms with Gasteiger partial charge in [-0.25, -0.2) is 0 Å². The maximum Gasteiger partial charge on any atom is 0.145 e. The van der Waals surface area contributed by atoms with Crippen molar-refractivity contribution < 1.29 is 9.47 Å². The lowest BCUT2D eigenvalue weighted by Crippen LogP contribution is -2.51. The van der Waals surface area contributed by atoms with E-state index in [2.05, 4.69) is 10.6 Å². The minimum atomic E-state index is 0.507. The van der Waals surface area contributed by atoms with Crippen molar-refractivity contribution in [3.05, 3.63) is 18.2 Å². The Bertz CT molecular complexity index is 337. The van der Waals surface area contributed by atoms with E-state index in [0.717, 1.165) is 30.3 Å². The van der Waals surface area contributed by atoms with E-state index >= 15 is 0 Å². The Hall–Kier alpha value is -1.42. The Balaban J connectivity index is 2.13. The van der Waals surface area contributed by atoms with Crippen LogP contribution in [0.3, 0.4) is 0 Å². The van der Waals surface area contributed by atoms with Gasteiger partial charge in [0, 0.05) is 19.2 Å². The maximum atomic E-state index is 5.29. The first-order chi connectivity index (χ1) is 7.33. The van der Waals surface area contributed by atoms with Gasteiger partial charge in [0.25, 0.3) is 0 Å². The number of nitrogens with one attached hydrogen (secondary N) is 2. The first-order valence-electron chi connectivity index (χ1n) is 5.03. The van der Waals surface area contributed by atoms with Gasteiger partial charge in [0.15, 0.2) is 0 Å². The second-order valence-corrected chi connectivity index (χ2v) is 3.57. The average Bonchev–Trinajstić information content (AvgIpc) is 2.23. The molecule has 2 N–H and O–H groups in total. The molecule has 0 amide bonds. The molecule has 0 saturated carbocycles. The van der Waals surface area contributed by atoms with Crippen LogP contribution in [0, 0.1) is 0 Å².